The first-order valence-corrected chi connectivity index (χ1v) is 4.68. The van der Waals surface area contributed by atoms with E-state index < -0.39 is 0 Å². The van der Waals surface area contributed by atoms with Crippen molar-refractivity contribution in [3.63, 3.8) is 0 Å². The molecule has 0 radical (unpaired) electrons. The van der Waals surface area contributed by atoms with E-state index in [0.29, 0.717) is 11.6 Å². The molecule has 0 fully saturated rings. The molecule has 1 aromatic heterocycles. The first-order valence-electron chi connectivity index (χ1n) is 4.30. The maximum Gasteiger partial charge on any atom is 0.120 e. The maximum atomic E-state index is 6.10. The number of aromatic amines is 1. The van der Waals surface area contributed by atoms with Crippen molar-refractivity contribution in [3.05, 3.63) is 28.9 Å². The van der Waals surface area contributed by atoms with Crippen molar-refractivity contribution in [2.45, 2.75) is 6.54 Å². The predicted molar refractivity (Wildman–Crippen MR) is 57.8 cm³/mol. The Morgan fingerprint density at radius 2 is 2.29 bits per heavy atom. The maximum absolute atomic E-state index is 6.10. The molecule has 0 amide bonds. The molecule has 3 N–H and O–H groups in total. The Balaban J connectivity index is 2.66. The number of fused-ring (bicyclic) bond motifs is 1. The number of methoxy groups -OCH3 is 1. The lowest BCUT2D eigenvalue weighted by molar-refractivity contribution is 0.415. The van der Waals surface area contributed by atoms with Crippen LogP contribution in [0.2, 0.25) is 5.02 Å². The summed E-state index contributed by atoms with van der Waals surface area (Å²) in [5, 5.41) is 1.68. The summed E-state index contributed by atoms with van der Waals surface area (Å²) in [5.41, 5.74) is 7.35. The van der Waals surface area contributed by atoms with Gasteiger partial charge in [-0.3, -0.25) is 0 Å². The molecule has 4 heteroatoms. The Hall–Kier alpha value is -1.19. The van der Waals surface area contributed by atoms with E-state index in [1.54, 1.807) is 7.11 Å². The van der Waals surface area contributed by atoms with Gasteiger partial charge in [0.15, 0.2) is 0 Å². The monoisotopic (exact) mass is 210 g/mol. The third kappa shape index (κ3) is 1.35. The van der Waals surface area contributed by atoms with E-state index in [2.05, 4.69) is 4.98 Å². The van der Waals surface area contributed by atoms with E-state index >= 15 is 0 Å². The van der Waals surface area contributed by atoms with Crippen LogP contribution in [0.25, 0.3) is 10.9 Å². The van der Waals surface area contributed by atoms with Crippen LogP contribution in [0.15, 0.2) is 18.2 Å². The second-order valence-corrected chi connectivity index (χ2v) is 3.41. The minimum absolute atomic E-state index is 0.413. The molecule has 2 rings (SSSR count). The van der Waals surface area contributed by atoms with Gasteiger partial charge < -0.3 is 15.5 Å². The average molecular weight is 211 g/mol. The van der Waals surface area contributed by atoms with Gasteiger partial charge in [-0.15, -0.1) is 0 Å². The van der Waals surface area contributed by atoms with Crippen LogP contribution in [0.5, 0.6) is 5.75 Å². The van der Waals surface area contributed by atoms with Crippen molar-refractivity contribution in [2.24, 2.45) is 5.73 Å². The van der Waals surface area contributed by atoms with E-state index in [9.17, 15) is 0 Å². The number of hydrogen-bond donors (Lipinski definition) is 2. The summed E-state index contributed by atoms with van der Waals surface area (Å²) < 4.78 is 5.11. The van der Waals surface area contributed by atoms with Crippen LogP contribution in [0.1, 0.15) is 5.69 Å². The Morgan fingerprint density at radius 1 is 1.50 bits per heavy atom. The summed E-state index contributed by atoms with van der Waals surface area (Å²) in [6, 6.07) is 5.70. The number of aromatic nitrogens is 1. The molecule has 1 heterocycles. The van der Waals surface area contributed by atoms with Crippen LogP contribution in [-0.4, -0.2) is 12.1 Å². The number of nitrogens with two attached hydrogens (primary N) is 1. The molecular weight excluding hydrogens is 200 g/mol. The predicted octanol–water partition coefficient (Wildman–Crippen LogP) is 2.29. The highest BCUT2D eigenvalue weighted by molar-refractivity contribution is 6.36. The first kappa shape index (κ1) is 9.37. The van der Waals surface area contributed by atoms with Gasteiger partial charge in [0.25, 0.3) is 0 Å². The highest BCUT2D eigenvalue weighted by atomic mass is 35.5. The van der Waals surface area contributed by atoms with E-state index in [4.69, 9.17) is 22.1 Å². The van der Waals surface area contributed by atoms with Gasteiger partial charge >= 0.3 is 0 Å². The topological polar surface area (TPSA) is 51.0 Å². The molecule has 2 aromatic rings. The fourth-order valence-corrected chi connectivity index (χ4v) is 1.75. The number of nitrogens with one attached hydrogen (secondary N) is 1. The number of ether oxygens (including phenoxy) is 1. The molecule has 3 nitrogen and oxygen atoms in total. The van der Waals surface area contributed by atoms with Crippen molar-refractivity contribution < 1.29 is 4.74 Å². The average Bonchev–Trinajstić information content (AvgIpc) is 2.55. The summed E-state index contributed by atoms with van der Waals surface area (Å²) in [4.78, 5) is 3.15. The minimum Gasteiger partial charge on any atom is -0.497 e. The molecule has 0 bridgehead atoms. The lowest BCUT2D eigenvalue weighted by Gasteiger charge is -1.97. The van der Waals surface area contributed by atoms with E-state index in [-0.39, 0.29) is 0 Å². The zero-order chi connectivity index (χ0) is 10.1. The van der Waals surface area contributed by atoms with Crippen molar-refractivity contribution in [1.29, 1.82) is 0 Å². The summed E-state index contributed by atoms with van der Waals surface area (Å²) in [6.45, 7) is 0.413. The van der Waals surface area contributed by atoms with Crippen LogP contribution < -0.4 is 10.5 Å². The molecule has 14 heavy (non-hydrogen) atoms. The molecule has 0 aliphatic carbocycles. The van der Waals surface area contributed by atoms with Gasteiger partial charge in [0.05, 0.1) is 17.6 Å². The lowest BCUT2D eigenvalue weighted by Crippen LogP contribution is -1.96. The zero-order valence-corrected chi connectivity index (χ0v) is 8.56. The molecular formula is C10H11ClN2O. The molecule has 0 aliphatic heterocycles. The van der Waals surface area contributed by atoms with Crippen molar-refractivity contribution in [1.82, 2.24) is 4.98 Å². The zero-order valence-electron chi connectivity index (χ0n) is 7.80. The SMILES string of the molecule is COc1ccc2c(Cl)c(CN)[nH]c2c1. The molecule has 0 spiro atoms. The lowest BCUT2D eigenvalue weighted by atomic mass is 10.2. The quantitative estimate of drug-likeness (QED) is 0.799. The summed E-state index contributed by atoms with van der Waals surface area (Å²) in [5.74, 6) is 0.805. The molecule has 74 valence electrons. The Labute approximate surface area is 86.8 Å². The third-order valence-corrected chi connectivity index (χ3v) is 2.65. The van der Waals surface area contributed by atoms with Crippen LogP contribution >= 0.6 is 11.6 Å². The molecule has 0 aliphatic rings. The fraction of sp³-hybridized carbons (Fsp3) is 0.200. The van der Waals surface area contributed by atoms with Gasteiger partial charge in [0.2, 0.25) is 0 Å². The van der Waals surface area contributed by atoms with Crippen molar-refractivity contribution >= 4 is 22.5 Å². The Kier molecular flexibility index (Phi) is 2.35. The number of H-pyrrole nitrogens is 1. The van der Waals surface area contributed by atoms with Crippen molar-refractivity contribution in [2.75, 3.05) is 7.11 Å². The van der Waals surface area contributed by atoms with Gasteiger partial charge in [-0.1, -0.05) is 11.6 Å². The second kappa shape index (κ2) is 3.52. The second-order valence-electron chi connectivity index (χ2n) is 3.03. The summed E-state index contributed by atoms with van der Waals surface area (Å²) in [6.07, 6.45) is 0. The smallest absolute Gasteiger partial charge is 0.120 e. The highest BCUT2D eigenvalue weighted by Crippen LogP contribution is 2.29. The minimum atomic E-state index is 0.413. The number of benzene rings is 1. The van der Waals surface area contributed by atoms with Gasteiger partial charge in [-0.25, -0.2) is 0 Å². The molecule has 0 atom stereocenters. The van der Waals surface area contributed by atoms with E-state index in [0.717, 1.165) is 22.3 Å². The summed E-state index contributed by atoms with van der Waals surface area (Å²) in [7, 11) is 1.63. The Bertz CT molecular complexity index is 464. The molecule has 0 saturated heterocycles. The first-order chi connectivity index (χ1) is 6.76. The Morgan fingerprint density at radius 3 is 2.93 bits per heavy atom. The van der Waals surface area contributed by atoms with Gasteiger partial charge in [0, 0.05) is 23.7 Å². The van der Waals surface area contributed by atoms with Crippen molar-refractivity contribution in [3.8, 4) is 5.75 Å². The van der Waals surface area contributed by atoms with Gasteiger partial charge in [0.1, 0.15) is 5.75 Å². The fourth-order valence-electron chi connectivity index (χ4n) is 1.47. The largest absolute Gasteiger partial charge is 0.497 e. The van der Waals surface area contributed by atoms with Crippen LogP contribution in [-0.2, 0) is 6.54 Å². The normalized spacial score (nSPS) is 10.8. The van der Waals surface area contributed by atoms with E-state index in [1.165, 1.54) is 0 Å². The van der Waals surface area contributed by atoms with E-state index in [1.807, 2.05) is 18.2 Å². The third-order valence-electron chi connectivity index (χ3n) is 2.22. The standard InChI is InChI=1S/C10H11ClN2O/c1-14-6-2-3-7-8(4-6)13-9(5-12)10(7)11/h2-4,13H,5,12H2,1H3. The molecule has 0 unspecified atom stereocenters. The molecule has 0 saturated carbocycles. The number of hydrogen-bond acceptors (Lipinski definition) is 2. The van der Waals surface area contributed by atoms with Crippen LogP contribution in [0.4, 0.5) is 0 Å². The highest BCUT2D eigenvalue weighted by Gasteiger charge is 2.08. The number of halogens is 1. The van der Waals surface area contributed by atoms with Gasteiger partial charge in [-0.05, 0) is 12.1 Å². The summed E-state index contributed by atoms with van der Waals surface area (Å²) >= 11 is 6.10. The van der Waals surface area contributed by atoms with Gasteiger partial charge in [-0.2, -0.15) is 0 Å². The van der Waals surface area contributed by atoms with Crippen LogP contribution in [0, 0.1) is 0 Å². The molecule has 1 aromatic carbocycles. The number of rotatable bonds is 2. The van der Waals surface area contributed by atoms with Crippen LogP contribution in [0.3, 0.4) is 0 Å².